The normalized spacial score (nSPS) is 11.8. The topological polar surface area (TPSA) is 69.4 Å². The van der Waals surface area contributed by atoms with E-state index in [0.29, 0.717) is 5.75 Å². The van der Waals surface area contributed by atoms with Gasteiger partial charge in [-0.1, -0.05) is 0 Å². The molecule has 7 heteroatoms. The van der Waals surface area contributed by atoms with Crippen molar-refractivity contribution < 1.29 is 17.5 Å². The Morgan fingerprint density at radius 3 is 2.39 bits per heavy atom. The lowest BCUT2D eigenvalue weighted by atomic mass is 10.3. The fourth-order valence-electron chi connectivity index (χ4n) is 1.12. The van der Waals surface area contributed by atoms with Crippen LogP contribution >= 0.6 is 12.4 Å². The van der Waals surface area contributed by atoms with E-state index < -0.39 is 15.7 Å². The molecule has 4 nitrogen and oxygen atoms in total. The predicted octanol–water partition coefficient (Wildman–Crippen LogP) is 1.70. The van der Waals surface area contributed by atoms with Gasteiger partial charge in [0.1, 0.15) is 18.2 Å². The first kappa shape index (κ1) is 16.9. The fraction of sp³-hybridized carbons (Fsp3) is 0.273. The number of hydrogen-bond donors (Lipinski definition) is 1. The summed E-state index contributed by atoms with van der Waals surface area (Å²) in [4.78, 5) is 0.197. The van der Waals surface area contributed by atoms with Crippen molar-refractivity contribution in [2.45, 2.75) is 4.90 Å². The van der Waals surface area contributed by atoms with Gasteiger partial charge in [0, 0.05) is 12.8 Å². The molecule has 2 N–H and O–H groups in total. The molecule has 0 heterocycles. The van der Waals surface area contributed by atoms with Crippen LogP contribution in [0.3, 0.4) is 0 Å². The Morgan fingerprint density at radius 1 is 1.39 bits per heavy atom. The summed E-state index contributed by atoms with van der Waals surface area (Å²) < 4.78 is 40.4. The van der Waals surface area contributed by atoms with Crippen molar-refractivity contribution in [1.29, 1.82) is 0 Å². The zero-order chi connectivity index (χ0) is 12.9. The summed E-state index contributed by atoms with van der Waals surface area (Å²) in [7, 11) is -3.22. The maximum absolute atomic E-state index is 12.9. The second kappa shape index (κ2) is 7.35. The Morgan fingerprint density at radius 2 is 1.94 bits per heavy atom. The summed E-state index contributed by atoms with van der Waals surface area (Å²) in [6.07, 6.45) is 2.33. The Kier molecular flexibility index (Phi) is 6.90. The highest BCUT2D eigenvalue weighted by Crippen LogP contribution is 2.16. The van der Waals surface area contributed by atoms with Gasteiger partial charge < -0.3 is 10.5 Å². The lowest BCUT2D eigenvalue weighted by Gasteiger charge is -2.05. The first-order valence-corrected chi connectivity index (χ1v) is 6.80. The molecule has 0 fully saturated rings. The quantitative estimate of drug-likeness (QED) is 0.898. The SMILES string of the molecule is CS(=O)(=O)c1ccc(OC/C(F)=C/CN)cc1.Cl. The smallest absolute Gasteiger partial charge is 0.175 e. The molecule has 0 amide bonds. The number of rotatable bonds is 5. The minimum atomic E-state index is -3.22. The summed E-state index contributed by atoms with van der Waals surface area (Å²) in [5.74, 6) is -0.0577. The molecule has 0 atom stereocenters. The minimum absolute atomic E-state index is 0. The van der Waals surface area contributed by atoms with Crippen molar-refractivity contribution in [2.24, 2.45) is 5.73 Å². The van der Waals surface area contributed by atoms with Crippen molar-refractivity contribution in [3.05, 3.63) is 36.2 Å². The lowest BCUT2D eigenvalue weighted by Crippen LogP contribution is -2.02. The zero-order valence-corrected chi connectivity index (χ0v) is 11.4. The summed E-state index contributed by atoms with van der Waals surface area (Å²) >= 11 is 0. The van der Waals surface area contributed by atoms with Gasteiger partial charge in [-0.15, -0.1) is 12.4 Å². The van der Waals surface area contributed by atoms with Gasteiger partial charge in [-0.25, -0.2) is 12.8 Å². The van der Waals surface area contributed by atoms with Gasteiger partial charge in [0.05, 0.1) is 4.90 Å². The Hall–Kier alpha value is -1.11. The van der Waals surface area contributed by atoms with E-state index >= 15 is 0 Å². The van der Waals surface area contributed by atoms with Crippen LogP contribution in [0.25, 0.3) is 0 Å². The average molecular weight is 296 g/mol. The van der Waals surface area contributed by atoms with Gasteiger partial charge in [-0.05, 0) is 30.3 Å². The van der Waals surface area contributed by atoms with Crippen LogP contribution in [0.1, 0.15) is 0 Å². The second-order valence-electron chi connectivity index (χ2n) is 3.42. The van der Waals surface area contributed by atoms with Crippen molar-refractivity contribution in [3.63, 3.8) is 0 Å². The van der Waals surface area contributed by atoms with Crippen LogP contribution in [0.15, 0.2) is 41.1 Å². The molecule has 18 heavy (non-hydrogen) atoms. The van der Waals surface area contributed by atoms with Gasteiger partial charge in [-0.3, -0.25) is 0 Å². The maximum atomic E-state index is 12.9. The predicted molar refractivity (Wildman–Crippen MR) is 70.5 cm³/mol. The van der Waals surface area contributed by atoms with E-state index in [1.54, 1.807) is 0 Å². The third kappa shape index (κ3) is 5.48. The van der Waals surface area contributed by atoms with E-state index in [0.717, 1.165) is 6.26 Å². The number of sulfone groups is 1. The molecule has 0 bridgehead atoms. The Labute approximate surface area is 112 Å². The Balaban J connectivity index is 0.00000289. The lowest BCUT2D eigenvalue weighted by molar-refractivity contribution is 0.318. The molecule has 102 valence electrons. The van der Waals surface area contributed by atoms with E-state index in [-0.39, 0.29) is 30.5 Å². The standard InChI is InChI=1S/C11H14FNO3S.ClH/c1-17(14,15)11-4-2-10(3-5-11)16-8-9(12)6-7-13;/h2-6H,7-8,13H2,1H3;1H/b9-6-;. The van der Waals surface area contributed by atoms with Crippen LogP contribution in [0.4, 0.5) is 4.39 Å². The minimum Gasteiger partial charge on any atom is -0.487 e. The monoisotopic (exact) mass is 295 g/mol. The molecule has 0 aliphatic heterocycles. The highest BCUT2D eigenvalue weighted by atomic mass is 35.5. The van der Waals surface area contributed by atoms with E-state index in [4.69, 9.17) is 10.5 Å². The molecule has 1 aromatic carbocycles. The van der Waals surface area contributed by atoms with Crippen LogP contribution in [0, 0.1) is 0 Å². The van der Waals surface area contributed by atoms with Crippen LogP contribution in [-0.4, -0.2) is 27.8 Å². The molecule has 1 rings (SSSR count). The van der Waals surface area contributed by atoms with Crippen LogP contribution in [-0.2, 0) is 9.84 Å². The number of hydrogen-bond acceptors (Lipinski definition) is 4. The number of nitrogens with two attached hydrogens (primary N) is 1. The first-order chi connectivity index (χ1) is 7.93. The third-order valence-corrected chi connectivity index (χ3v) is 3.10. The maximum Gasteiger partial charge on any atom is 0.175 e. The van der Waals surface area contributed by atoms with Crippen LogP contribution in [0.5, 0.6) is 5.75 Å². The molecular formula is C11H15ClFNO3S. The van der Waals surface area contributed by atoms with Gasteiger partial charge >= 0.3 is 0 Å². The second-order valence-corrected chi connectivity index (χ2v) is 5.43. The molecule has 0 spiro atoms. The van der Waals surface area contributed by atoms with Crippen molar-refractivity contribution in [1.82, 2.24) is 0 Å². The van der Waals surface area contributed by atoms with Crippen molar-refractivity contribution in [2.75, 3.05) is 19.4 Å². The largest absolute Gasteiger partial charge is 0.487 e. The first-order valence-electron chi connectivity index (χ1n) is 4.91. The molecule has 0 aromatic heterocycles. The molecule has 0 aliphatic rings. The summed E-state index contributed by atoms with van der Waals surface area (Å²) in [5.41, 5.74) is 5.13. The van der Waals surface area contributed by atoms with Crippen LogP contribution in [0.2, 0.25) is 0 Å². The molecular weight excluding hydrogens is 281 g/mol. The summed E-state index contributed by atoms with van der Waals surface area (Å²) in [5, 5.41) is 0. The number of benzene rings is 1. The highest BCUT2D eigenvalue weighted by Gasteiger charge is 2.06. The molecule has 0 saturated carbocycles. The number of halogens is 2. The summed E-state index contributed by atoms with van der Waals surface area (Å²) in [6.45, 7) is -0.0996. The van der Waals surface area contributed by atoms with Crippen LogP contribution < -0.4 is 10.5 Å². The fourth-order valence-corrected chi connectivity index (χ4v) is 1.75. The van der Waals surface area contributed by atoms with Crippen molar-refractivity contribution in [3.8, 4) is 5.75 Å². The van der Waals surface area contributed by atoms with E-state index in [1.165, 1.54) is 30.3 Å². The number of ether oxygens (including phenoxy) is 1. The van der Waals surface area contributed by atoms with Gasteiger partial charge in [-0.2, -0.15) is 0 Å². The van der Waals surface area contributed by atoms with Crippen molar-refractivity contribution >= 4 is 22.2 Å². The molecule has 0 radical (unpaired) electrons. The highest BCUT2D eigenvalue weighted by molar-refractivity contribution is 7.90. The summed E-state index contributed by atoms with van der Waals surface area (Å²) in [6, 6.07) is 5.78. The van der Waals surface area contributed by atoms with E-state index in [1.807, 2.05) is 0 Å². The molecule has 0 unspecified atom stereocenters. The molecule has 0 saturated heterocycles. The van der Waals surface area contributed by atoms with E-state index in [9.17, 15) is 12.8 Å². The zero-order valence-electron chi connectivity index (χ0n) is 9.80. The average Bonchev–Trinajstić information content (AvgIpc) is 2.26. The van der Waals surface area contributed by atoms with Gasteiger partial charge in [0.25, 0.3) is 0 Å². The molecule has 1 aromatic rings. The van der Waals surface area contributed by atoms with E-state index in [2.05, 4.69) is 0 Å². The molecule has 0 aliphatic carbocycles. The third-order valence-electron chi connectivity index (χ3n) is 1.97. The Bertz CT molecular complexity index is 500. The van der Waals surface area contributed by atoms with Gasteiger partial charge in [0.15, 0.2) is 9.84 Å². The van der Waals surface area contributed by atoms with Gasteiger partial charge in [0.2, 0.25) is 0 Å².